The van der Waals surface area contributed by atoms with Crippen molar-refractivity contribution in [2.24, 2.45) is 0 Å². The number of nitrogens with zero attached hydrogens (tertiary/aromatic N) is 1. The number of hydrogen-bond donors (Lipinski definition) is 2. The van der Waals surface area contributed by atoms with Crippen LogP contribution in [0.5, 0.6) is 0 Å². The SMILES string of the molecule is CC(C)NCC(=O)NCC(C)(C)N(C)C. The zero-order valence-corrected chi connectivity index (χ0v) is 10.8. The van der Waals surface area contributed by atoms with Gasteiger partial charge in [0.05, 0.1) is 6.54 Å². The first-order valence-electron chi connectivity index (χ1n) is 5.43. The zero-order chi connectivity index (χ0) is 12.1. The maximum absolute atomic E-state index is 11.4. The lowest BCUT2D eigenvalue weighted by atomic mass is 10.0. The van der Waals surface area contributed by atoms with E-state index in [-0.39, 0.29) is 11.4 Å². The molecule has 0 aromatic heterocycles. The van der Waals surface area contributed by atoms with Crippen molar-refractivity contribution in [3.63, 3.8) is 0 Å². The van der Waals surface area contributed by atoms with E-state index in [0.717, 1.165) is 0 Å². The van der Waals surface area contributed by atoms with Crippen molar-refractivity contribution in [2.75, 3.05) is 27.2 Å². The Morgan fingerprint density at radius 2 is 1.87 bits per heavy atom. The van der Waals surface area contributed by atoms with Gasteiger partial charge in [-0.2, -0.15) is 0 Å². The largest absolute Gasteiger partial charge is 0.353 e. The minimum atomic E-state index is -0.00646. The first kappa shape index (κ1) is 14.4. The van der Waals surface area contributed by atoms with Gasteiger partial charge < -0.3 is 15.5 Å². The highest BCUT2D eigenvalue weighted by Crippen LogP contribution is 2.07. The Morgan fingerprint density at radius 1 is 1.33 bits per heavy atom. The molecule has 1 amide bonds. The van der Waals surface area contributed by atoms with Gasteiger partial charge in [0.25, 0.3) is 0 Å². The smallest absolute Gasteiger partial charge is 0.234 e. The first-order chi connectivity index (χ1) is 6.75. The van der Waals surface area contributed by atoms with E-state index in [9.17, 15) is 4.79 Å². The molecule has 0 fully saturated rings. The molecule has 0 aliphatic rings. The molecule has 0 saturated heterocycles. The molecule has 0 bridgehead atoms. The average molecular weight is 215 g/mol. The summed E-state index contributed by atoms with van der Waals surface area (Å²) in [5, 5.41) is 6.00. The molecule has 0 saturated carbocycles. The second-order valence-electron chi connectivity index (χ2n) is 5.02. The Labute approximate surface area is 93.4 Å². The Hall–Kier alpha value is -0.610. The molecular formula is C11H25N3O. The summed E-state index contributed by atoms with van der Waals surface area (Å²) in [5.41, 5.74) is -0.00646. The molecule has 0 heterocycles. The lowest BCUT2D eigenvalue weighted by Crippen LogP contribution is -2.49. The maximum Gasteiger partial charge on any atom is 0.234 e. The van der Waals surface area contributed by atoms with Crippen molar-refractivity contribution in [3.05, 3.63) is 0 Å². The second-order valence-corrected chi connectivity index (χ2v) is 5.02. The quantitative estimate of drug-likeness (QED) is 0.676. The molecule has 15 heavy (non-hydrogen) atoms. The second kappa shape index (κ2) is 6.08. The average Bonchev–Trinajstić information content (AvgIpc) is 2.11. The van der Waals surface area contributed by atoms with Gasteiger partial charge in [0, 0.05) is 18.1 Å². The van der Waals surface area contributed by atoms with E-state index in [1.807, 2.05) is 27.9 Å². The van der Waals surface area contributed by atoms with Gasteiger partial charge in [0.2, 0.25) is 5.91 Å². The molecule has 0 aromatic rings. The third kappa shape index (κ3) is 6.47. The summed E-state index contributed by atoms with van der Waals surface area (Å²) in [5.74, 6) is 0.0543. The van der Waals surface area contributed by atoms with Crippen molar-refractivity contribution >= 4 is 5.91 Å². The van der Waals surface area contributed by atoms with Crippen molar-refractivity contribution in [1.82, 2.24) is 15.5 Å². The minimum absolute atomic E-state index is 0.00646. The minimum Gasteiger partial charge on any atom is -0.353 e. The van der Waals surface area contributed by atoms with Crippen LogP contribution in [-0.4, -0.2) is 49.6 Å². The number of rotatable bonds is 6. The summed E-state index contributed by atoms with van der Waals surface area (Å²) in [6.07, 6.45) is 0. The molecule has 0 spiro atoms. The topological polar surface area (TPSA) is 44.4 Å². The summed E-state index contributed by atoms with van der Waals surface area (Å²) in [6.45, 7) is 9.31. The van der Waals surface area contributed by atoms with Gasteiger partial charge in [0.1, 0.15) is 0 Å². The van der Waals surface area contributed by atoms with Crippen LogP contribution in [0, 0.1) is 0 Å². The molecule has 0 unspecified atom stereocenters. The Balaban J connectivity index is 3.80. The van der Waals surface area contributed by atoms with E-state index in [1.165, 1.54) is 0 Å². The number of likely N-dealkylation sites (N-methyl/N-ethyl adjacent to an activating group) is 1. The van der Waals surface area contributed by atoms with Crippen LogP contribution in [0.2, 0.25) is 0 Å². The van der Waals surface area contributed by atoms with Gasteiger partial charge in [-0.05, 0) is 27.9 Å². The Bertz CT molecular complexity index is 200. The standard InChI is InChI=1S/C11H25N3O/c1-9(2)12-7-10(15)13-8-11(3,4)14(5)6/h9,12H,7-8H2,1-6H3,(H,13,15). The van der Waals surface area contributed by atoms with Crippen LogP contribution in [0.25, 0.3) is 0 Å². The fourth-order valence-electron chi connectivity index (χ4n) is 0.832. The van der Waals surface area contributed by atoms with Crippen LogP contribution in [0.4, 0.5) is 0 Å². The van der Waals surface area contributed by atoms with Crippen molar-refractivity contribution < 1.29 is 4.79 Å². The molecule has 0 rings (SSSR count). The lowest BCUT2D eigenvalue weighted by Gasteiger charge is -2.32. The van der Waals surface area contributed by atoms with Gasteiger partial charge in [-0.1, -0.05) is 13.8 Å². The van der Waals surface area contributed by atoms with Crippen molar-refractivity contribution in [2.45, 2.75) is 39.3 Å². The van der Waals surface area contributed by atoms with Crippen LogP contribution in [-0.2, 0) is 4.79 Å². The van der Waals surface area contributed by atoms with E-state index in [0.29, 0.717) is 19.1 Å². The van der Waals surface area contributed by atoms with E-state index in [2.05, 4.69) is 29.4 Å². The van der Waals surface area contributed by atoms with Crippen LogP contribution in [0.1, 0.15) is 27.7 Å². The molecule has 4 nitrogen and oxygen atoms in total. The summed E-state index contributed by atoms with van der Waals surface area (Å²) in [4.78, 5) is 13.5. The van der Waals surface area contributed by atoms with Gasteiger partial charge >= 0.3 is 0 Å². The number of carbonyl (C=O) groups is 1. The molecule has 4 heteroatoms. The van der Waals surface area contributed by atoms with E-state index < -0.39 is 0 Å². The molecule has 0 aliphatic carbocycles. The van der Waals surface area contributed by atoms with E-state index in [4.69, 9.17) is 0 Å². The van der Waals surface area contributed by atoms with Crippen LogP contribution >= 0.6 is 0 Å². The molecule has 0 radical (unpaired) electrons. The molecule has 2 N–H and O–H groups in total. The highest BCUT2D eigenvalue weighted by atomic mass is 16.1. The number of nitrogens with one attached hydrogen (secondary N) is 2. The summed E-state index contributed by atoms with van der Waals surface area (Å²) in [6, 6.07) is 0.345. The molecule has 90 valence electrons. The van der Waals surface area contributed by atoms with Gasteiger partial charge in [-0.15, -0.1) is 0 Å². The molecule has 0 atom stereocenters. The lowest BCUT2D eigenvalue weighted by molar-refractivity contribution is -0.120. The number of amides is 1. The predicted octanol–water partition coefficient (Wildman–Crippen LogP) is 0.441. The first-order valence-corrected chi connectivity index (χ1v) is 5.43. The van der Waals surface area contributed by atoms with Crippen molar-refractivity contribution in [3.8, 4) is 0 Å². The van der Waals surface area contributed by atoms with Crippen molar-refractivity contribution in [1.29, 1.82) is 0 Å². The fraction of sp³-hybridized carbons (Fsp3) is 0.909. The van der Waals surface area contributed by atoms with Crippen LogP contribution < -0.4 is 10.6 Å². The molecular weight excluding hydrogens is 190 g/mol. The Kier molecular flexibility index (Phi) is 5.83. The Morgan fingerprint density at radius 3 is 2.27 bits per heavy atom. The number of hydrogen-bond acceptors (Lipinski definition) is 3. The number of carbonyl (C=O) groups excluding carboxylic acids is 1. The van der Waals surface area contributed by atoms with Gasteiger partial charge in [-0.25, -0.2) is 0 Å². The highest BCUT2D eigenvalue weighted by molar-refractivity contribution is 5.78. The fourth-order valence-corrected chi connectivity index (χ4v) is 0.832. The van der Waals surface area contributed by atoms with Crippen LogP contribution in [0.3, 0.4) is 0 Å². The van der Waals surface area contributed by atoms with E-state index >= 15 is 0 Å². The molecule has 0 aliphatic heterocycles. The third-order valence-electron chi connectivity index (χ3n) is 2.60. The third-order valence-corrected chi connectivity index (χ3v) is 2.60. The summed E-state index contributed by atoms with van der Waals surface area (Å²) < 4.78 is 0. The zero-order valence-electron chi connectivity index (χ0n) is 10.8. The normalized spacial score (nSPS) is 12.3. The monoisotopic (exact) mass is 215 g/mol. The van der Waals surface area contributed by atoms with Gasteiger partial charge in [0.15, 0.2) is 0 Å². The predicted molar refractivity (Wildman–Crippen MR) is 63.9 cm³/mol. The highest BCUT2D eigenvalue weighted by Gasteiger charge is 2.20. The maximum atomic E-state index is 11.4. The summed E-state index contributed by atoms with van der Waals surface area (Å²) in [7, 11) is 4.02. The van der Waals surface area contributed by atoms with Gasteiger partial charge in [-0.3, -0.25) is 4.79 Å². The van der Waals surface area contributed by atoms with Crippen LogP contribution in [0.15, 0.2) is 0 Å². The van der Waals surface area contributed by atoms with E-state index in [1.54, 1.807) is 0 Å². The summed E-state index contributed by atoms with van der Waals surface area (Å²) >= 11 is 0. The molecule has 0 aromatic carbocycles.